The van der Waals surface area contributed by atoms with Crippen LogP contribution in [-0.2, 0) is 4.79 Å². The normalized spacial score (nSPS) is 18.0. The number of carbonyl (C=O) groups excluding carboxylic acids is 2. The van der Waals surface area contributed by atoms with E-state index in [9.17, 15) is 9.59 Å². The highest BCUT2D eigenvalue weighted by atomic mass is 16.2. The quantitative estimate of drug-likeness (QED) is 0.723. The maximum atomic E-state index is 13.3. The molecule has 7 heteroatoms. The number of nitrogens with one attached hydrogen (secondary N) is 1. The molecule has 164 valence electrons. The molecule has 0 radical (unpaired) electrons. The number of likely N-dealkylation sites (N-methyl/N-ethyl adjacent to an activating group) is 1. The third kappa shape index (κ3) is 4.78. The van der Waals surface area contributed by atoms with Crippen molar-refractivity contribution < 1.29 is 9.59 Å². The molecule has 7 nitrogen and oxygen atoms in total. The third-order valence-corrected chi connectivity index (χ3v) is 6.31. The van der Waals surface area contributed by atoms with E-state index in [-0.39, 0.29) is 11.8 Å². The molecule has 4 rings (SSSR count). The van der Waals surface area contributed by atoms with Crippen LogP contribution in [0.5, 0.6) is 0 Å². The molecular formula is C24H31N5O2. The summed E-state index contributed by atoms with van der Waals surface area (Å²) < 4.78 is 0. The number of piperazine rings is 1. The molecule has 0 saturated carbocycles. The van der Waals surface area contributed by atoms with Gasteiger partial charge in [-0.3, -0.25) is 19.4 Å². The Labute approximate surface area is 184 Å². The number of unbranched alkanes of at least 4 members (excludes halogenated alkanes) is 1. The Hall–Kier alpha value is -2.77. The Bertz CT molecular complexity index is 939. The standard InChI is InChI=1S/C24H31N5O2/c1-18(28-16-14-27(2)15-17-28)8-3-6-12-22(30)29-21-11-5-4-9-19(21)24(31)26-20-10-7-13-25-23(20)29/h4-5,7,9-11,13,18H,3,6,8,12,14-17H2,1-2H3,(H,26,31). The van der Waals surface area contributed by atoms with Gasteiger partial charge in [-0.1, -0.05) is 18.6 Å². The molecule has 2 aliphatic rings. The van der Waals surface area contributed by atoms with Crippen LogP contribution in [0.1, 0.15) is 43.0 Å². The van der Waals surface area contributed by atoms with Gasteiger partial charge in [0.1, 0.15) is 0 Å². The molecule has 2 aromatic rings. The van der Waals surface area contributed by atoms with Gasteiger partial charge in [0, 0.05) is 44.8 Å². The fourth-order valence-electron chi connectivity index (χ4n) is 4.36. The summed E-state index contributed by atoms with van der Waals surface area (Å²) in [7, 11) is 2.17. The second-order valence-electron chi connectivity index (χ2n) is 8.51. The number of aromatic nitrogens is 1. The molecular weight excluding hydrogens is 390 g/mol. The Morgan fingerprint density at radius 1 is 1.10 bits per heavy atom. The predicted octanol–water partition coefficient (Wildman–Crippen LogP) is 3.51. The molecule has 1 unspecified atom stereocenters. The summed E-state index contributed by atoms with van der Waals surface area (Å²) in [6.07, 6.45) is 4.98. The summed E-state index contributed by atoms with van der Waals surface area (Å²) >= 11 is 0. The molecule has 3 heterocycles. The van der Waals surface area contributed by atoms with E-state index >= 15 is 0 Å². The van der Waals surface area contributed by atoms with Crippen molar-refractivity contribution in [3.8, 4) is 0 Å². The molecule has 0 aliphatic carbocycles. The van der Waals surface area contributed by atoms with Crippen LogP contribution in [0, 0.1) is 0 Å². The third-order valence-electron chi connectivity index (χ3n) is 6.31. The van der Waals surface area contributed by atoms with Crippen LogP contribution < -0.4 is 10.2 Å². The SMILES string of the molecule is CC(CCCCC(=O)N1c2ccccc2C(=O)Nc2cccnc21)N1CCN(C)CC1. The topological polar surface area (TPSA) is 68.8 Å². The van der Waals surface area contributed by atoms with E-state index in [1.807, 2.05) is 18.2 Å². The van der Waals surface area contributed by atoms with Gasteiger partial charge in [-0.2, -0.15) is 0 Å². The Morgan fingerprint density at radius 2 is 1.87 bits per heavy atom. The number of pyridine rings is 1. The van der Waals surface area contributed by atoms with Crippen molar-refractivity contribution in [1.82, 2.24) is 14.8 Å². The van der Waals surface area contributed by atoms with E-state index < -0.39 is 0 Å². The summed E-state index contributed by atoms with van der Waals surface area (Å²) in [4.78, 5) is 36.9. The highest BCUT2D eigenvalue weighted by Crippen LogP contribution is 2.36. The number of hydrogen-bond acceptors (Lipinski definition) is 5. The largest absolute Gasteiger partial charge is 0.319 e. The number of rotatable bonds is 6. The molecule has 0 bridgehead atoms. The molecule has 31 heavy (non-hydrogen) atoms. The number of fused-ring (bicyclic) bond motifs is 2. The van der Waals surface area contributed by atoms with Gasteiger partial charge in [-0.15, -0.1) is 0 Å². The smallest absolute Gasteiger partial charge is 0.257 e. The average molecular weight is 422 g/mol. The minimum Gasteiger partial charge on any atom is -0.319 e. The highest BCUT2D eigenvalue weighted by Gasteiger charge is 2.29. The summed E-state index contributed by atoms with van der Waals surface area (Å²) in [5.74, 6) is 0.230. The monoisotopic (exact) mass is 421 g/mol. The molecule has 1 saturated heterocycles. The average Bonchev–Trinajstić information content (AvgIpc) is 2.91. The Kier molecular flexibility index (Phi) is 6.63. The minimum atomic E-state index is -0.221. The van der Waals surface area contributed by atoms with Gasteiger partial charge in [-0.05, 0) is 51.1 Å². The van der Waals surface area contributed by atoms with Gasteiger partial charge in [0.15, 0.2) is 5.82 Å². The zero-order chi connectivity index (χ0) is 21.8. The predicted molar refractivity (Wildman–Crippen MR) is 123 cm³/mol. The first-order valence-corrected chi connectivity index (χ1v) is 11.2. The lowest BCUT2D eigenvalue weighted by Crippen LogP contribution is -2.48. The van der Waals surface area contributed by atoms with Crippen molar-refractivity contribution in [3.05, 3.63) is 48.2 Å². The first-order chi connectivity index (χ1) is 15.0. The lowest BCUT2D eigenvalue weighted by atomic mass is 10.1. The van der Waals surface area contributed by atoms with E-state index in [2.05, 4.69) is 34.1 Å². The Morgan fingerprint density at radius 3 is 2.68 bits per heavy atom. The van der Waals surface area contributed by atoms with E-state index in [1.54, 1.807) is 29.3 Å². The van der Waals surface area contributed by atoms with E-state index in [1.165, 1.54) is 0 Å². The van der Waals surface area contributed by atoms with Crippen LogP contribution in [0.4, 0.5) is 17.2 Å². The van der Waals surface area contributed by atoms with Crippen LogP contribution in [0.15, 0.2) is 42.6 Å². The number of hydrogen-bond donors (Lipinski definition) is 1. The first-order valence-electron chi connectivity index (χ1n) is 11.2. The maximum Gasteiger partial charge on any atom is 0.257 e. The van der Waals surface area contributed by atoms with Crippen LogP contribution in [0.2, 0.25) is 0 Å². The molecule has 1 N–H and O–H groups in total. The highest BCUT2D eigenvalue weighted by molar-refractivity contribution is 6.17. The van der Waals surface area contributed by atoms with Crippen LogP contribution >= 0.6 is 0 Å². The molecule has 1 aromatic carbocycles. The molecule has 2 aliphatic heterocycles. The number of carbonyl (C=O) groups is 2. The van der Waals surface area contributed by atoms with Crippen molar-refractivity contribution in [2.75, 3.05) is 43.4 Å². The van der Waals surface area contributed by atoms with Crippen molar-refractivity contribution in [3.63, 3.8) is 0 Å². The van der Waals surface area contributed by atoms with Gasteiger partial charge >= 0.3 is 0 Å². The van der Waals surface area contributed by atoms with E-state index in [0.717, 1.165) is 45.4 Å². The zero-order valence-corrected chi connectivity index (χ0v) is 18.4. The Balaban J connectivity index is 1.41. The van der Waals surface area contributed by atoms with Gasteiger partial charge in [0.25, 0.3) is 5.91 Å². The van der Waals surface area contributed by atoms with Crippen LogP contribution in [0.25, 0.3) is 0 Å². The first kappa shape index (κ1) is 21.5. The molecule has 2 amide bonds. The van der Waals surface area contributed by atoms with Crippen molar-refractivity contribution in [1.29, 1.82) is 0 Å². The maximum absolute atomic E-state index is 13.3. The summed E-state index contributed by atoms with van der Waals surface area (Å²) in [5, 5.41) is 2.88. The molecule has 1 atom stereocenters. The fraction of sp³-hybridized carbons (Fsp3) is 0.458. The van der Waals surface area contributed by atoms with E-state index in [0.29, 0.717) is 35.2 Å². The van der Waals surface area contributed by atoms with Crippen LogP contribution in [-0.4, -0.2) is 65.9 Å². The number of amides is 2. The molecule has 0 spiro atoms. The molecule has 1 aromatic heterocycles. The number of para-hydroxylation sites is 1. The fourth-order valence-corrected chi connectivity index (χ4v) is 4.36. The van der Waals surface area contributed by atoms with Crippen LogP contribution in [0.3, 0.4) is 0 Å². The second-order valence-corrected chi connectivity index (χ2v) is 8.51. The van der Waals surface area contributed by atoms with Crippen molar-refractivity contribution >= 4 is 29.0 Å². The number of anilines is 3. The zero-order valence-electron chi connectivity index (χ0n) is 18.4. The summed E-state index contributed by atoms with van der Waals surface area (Å²) in [6, 6.07) is 11.3. The van der Waals surface area contributed by atoms with Gasteiger partial charge in [-0.25, -0.2) is 4.98 Å². The summed E-state index contributed by atoms with van der Waals surface area (Å²) in [6.45, 7) is 6.76. The molecule has 1 fully saturated rings. The second kappa shape index (κ2) is 9.58. The van der Waals surface area contributed by atoms with Gasteiger partial charge < -0.3 is 10.2 Å². The van der Waals surface area contributed by atoms with Crippen molar-refractivity contribution in [2.24, 2.45) is 0 Å². The lowest BCUT2D eigenvalue weighted by molar-refractivity contribution is -0.118. The lowest BCUT2D eigenvalue weighted by Gasteiger charge is -2.36. The van der Waals surface area contributed by atoms with E-state index in [4.69, 9.17) is 0 Å². The van der Waals surface area contributed by atoms with Gasteiger partial charge in [0.2, 0.25) is 5.91 Å². The number of nitrogens with zero attached hydrogens (tertiary/aromatic N) is 4. The van der Waals surface area contributed by atoms with Crippen molar-refractivity contribution in [2.45, 2.75) is 38.6 Å². The minimum absolute atomic E-state index is 0.0313. The summed E-state index contributed by atoms with van der Waals surface area (Å²) in [5.41, 5.74) is 1.63. The van der Waals surface area contributed by atoms with Gasteiger partial charge in [0.05, 0.1) is 16.9 Å². The number of benzene rings is 1.